The standard InChI is InChI=1S/C24H14Br2Cl2FN3O3/c25-18-8-13(7-14(11-30)24(34)32-16-3-1-15(29)2-4-16)9-19(26)23(18)35-12-22(33)31-17-5-6-20(27)21(28)10-17/h1-10H,12H2,(H,31,33)(H,32,34)/b14-7+. The van der Waals surface area contributed by atoms with E-state index >= 15 is 0 Å². The minimum Gasteiger partial charge on any atom is -0.481 e. The summed E-state index contributed by atoms with van der Waals surface area (Å²) in [5, 5.41) is 15.3. The quantitative estimate of drug-likeness (QED) is 0.211. The first-order valence-corrected chi connectivity index (χ1v) is 12.1. The van der Waals surface area contributed by atoms with Crippen molar-refractivity contribution in [3.05, 3.63) is 90.5 Å². The number of nitrogens with one attached hydrogen (secondary N) is 2. The van der Waals surface area contributed by atoms with Crippen molar-refractivity contribution in [1.82, 2.24) is 0 Å². The molecular formula is C24H14Br2Cl2FN3O3. The third-order valence-corrected chi connectivity index (χ3v) is 6.27. The van der Waals surface area contributed by atoms with Crippen LogP contribution in [0.15, 0.2) is 69.1 Å². The van der Waals surface area contributed by atoms with Crippen LogP contribution in [-0.2, 0) is 9.59 Å². The van der Waals surface area contributed by atoms with Crippen LogP contribution in [0, 0.1) is 17.1 Å². The van der Waals surface area contributed by atoms with E-state index in [2.05, 4.69) is 42.5 Å². The molecule has 0 aliphatic heterocycles. The number of carbonyl (C=O) groups excluding carboxylic acids is 2. The lowest BCUT2D eigenvalue weighted by Gasteiger charge is -2.12. The lowest BCUT2D eigenvalue weighted by molar-refractivity contribution is -0.118. The topological polar surface area (TPSA) is 91.2 Å². The highest BCUT2D eigenvalue weighted by atomic mass is 79.9. The van der Waals surface area contributed by atoms with Gasteiger partial charge in [0.1, 0.15) is 23.2 Å². The van der Waals surface area contributed by atoms with Crippen LogP contribution in [0.3, 0.4) is 0 Å². The molecule has 0 spiro atoms. The molecule has 0 aromatic heterocycles. The summed E-state index contributed by atoms with van der Waals surface area (Å²) in [6.45, 7) is -0.295. The number of amides is 2. The lowest BCUT2D eigenvalue weighted by Crippen LogP contribution is -2.20. The molecule has 11 heteroatoms. The van der Waals surface area contributed by atoms with Gasteiger partial charge in [-0.15, -0.1) is 0 Å². The van der Waals surface area contributed by atoms with Gasteiger partial charge in [-0.1, -0.05) is 23.2 Å². The highest BCUT2D eigenvalue weighted by molar-refractivity contribution is 9.11. The van der Waals surface area contributed by atoms with Crippen molar-refractivity contribution in [3.63, 3.8) is 0 Å². The second kappa shape index (κ2) is 12.2. The molecule has 0 radical (unpaired) electrons. The van der Waals surface area contributed by atoms with E-state index in [0.29, 0.717) is 41.7 Å². The van der Waals surface area contributed by atoms with Crippen LogP contribution in [0.2, 0.25) is 10.0 Å². The molecule has 0 atom stereocenters. The molecule has 0 aliphatic rings. The average molecular weight is 642 g/mol. The predicted octanol–water partition coefficient (Wildman–Crippen LogP) is 7.22. The number of rotatable bonds is 7. The number of ether oxygens (including phenoxy) is 1. The van der Waals surface area contributed by atoms with E-state index < -0.39 is 17.6 Å². The zero-order valence-electron chi connectivity index (χ0n) is 17.5. The first-order valence-electron chi connectivity index (χ1n) is 9.71. The molecule has 3 aromatic rings. The maximum Gasteiger partial charge on any atom is 0.266 e. The van der Waals surface area contributed by atoms with Gasteiger partial charge in [0.15, 0.2) is 6.61 Å². The smallest absolute Gasteiger partial charge is 0.266 e. The zero-order chi connectivity index (χ0) is 25.5. The fraction of sp³-hybridized carbons (Fsp3) is 0.0417. The Morgan fingerprint density at radius 2 is 1.60 bits per heavy atom. The third-order valence-electron chi connectivity index (χ3n) is 4.35. The monoisotopic (exact) mass is 639 g/mol. The Labute approximate surface area is 226 Å². The largest absolute Gasteiger partial charge is 0.481 e. The van der Waals surface area contributed by atoms with Gasteiger partial charge in [-0.25, -0.2) is 4.39 Å². The van der Waals surface area contributed by atoms with Gasteiger partial charge in [-0.05, 0) is 98.1 Å². The van der Waals surface area contributed by atoms with E-state index in [1.807, 2.05) is 6.07 Å². The summed E-state index contributed by atoms with van der Waals surface area (Å²) >= 11 is 18.6. The predicted molar refractivity (Wildman–Crippen MR) is 141 cm³/mol. The van der Waals surface area contributed by atoms with E-state index in [0.717, 1.165) is 0 Å². The van der Waals surface area contributed by atoms with E-state index in [4.69, 9.17) is 27.9 Å². The number of nitriles is 1. The van der Waals surface area contributed by atoms with Gasteiger partial charge in [0, 0.05) is 11.4 Å². The Hall–Kier alpha value is -2.90. The number of hydrogen-bond acceptors (Lipinski definition) is 4. The van der Waals surface area contributed by atoms with Gasteiger partial charge in [-0.3, -0.25) is 9.59 Å². The summed E-state index contributed by atoms with van der Waals surface area (Å²) < 4.78 is 19.6. The summed E-state index contributed by atoms with van der Waals surface area (Å²) in [5.74, 6) is -1.16. The first-order chi connectivity index (χ1) is 16.7. The third kappa shape index (κ3) is 7.54. The minimum absolute atomic E-state index is 0.164. The van der Waals surface area contributed by atoms with Crippen LogP contribution in [-0.4, -0.2) is 18.4 Å². The number of carbonyl (C=O) groups is 2. The minimum atomic E-state index is -0.648. The van der Waals surface area contributed by atoms with Gasteiger partial charge < -0.3 is 15.4 Å². The SMILES string of the molecule is N#C/C(=C\c1cc(Br)c(OCC(=O)Nc2ccc(Cl)c(Cl)c2)c(Br)c1)C(=O)Nc1ccc(F)cc1. The van der Waals surface area contributed by atoms with E-state index in [-0.39, 0.29) is 12.2 Å². The molecule has 0 heterocycles. The van der Waals surface area contributed by atoms with Gasteiger partial charge >= 0.3 is 0 Å². The average Bonchev–Trinajstić information content (AvgIpc) is 2.80. The molecule has 35 heavy (non-hydrogen) atoms. The Kier molecular flexibility index (Phi) is 9.29. The zero-order valence-corrected chi connectivity index (χ0v) is 22.2. The molecule has 6 nitrogen and oxygen atoms in total. The van der Waals surface area contributed by atoms with E-state index in [1.54, 1.807) is 24.3 Å². The molecular weight excluding hydrogens is 628 g/mol. The maximum atomic E-state index is 13.0. The lowest BCUT2D eigenvalue weighted by atomic mass is 10.1. The van der Waals surface area contributed by atoms with Crippen LogP contribution in [0.4, 0.5) is 15.8 Å². The van der Waals surface area contributed by atoms with Crippen LogP contribution in [0.1, 0.15) is 5.56 Å². The normalized spacial score (nSPS) is 10.9. The first kappa shape index (κ1) is 26.7. The highest BCUT2D eigenvalue weighted by Crippen LogP contribution is 2.35. The number of halogens is 5. The molecule has 0 saturated heterocycles. The fourth-order valence-corrected chi connectivity index (χ4v) is 4.51. The van der Waals surface area contributed by atoms with E-state index in [9.17, 15) is 19.2 Å². The van der Waals surface area contributed by atoms with Crippen molar-refractivity contribution in [2.45, 2.75) is 0 Å². The van der Waals surface area contributed by atoms with E-state index in [1.165, 1.54) is 36.4 Å². The van der Waals surface area contributed by atoms with Crippen molar-refractivity contribution >= 4 is 84.3 Å². The Morgan fingerprint density at radius 1 is 0.971 bits per heavy atom. The Balaban J connectivity index is 1.68. The summed E-state index contributed by atoms with van der Waals surface area (Å²) in [6, 6.07) is 15.0. The van der Waals surface area contributed by atoms with Gasteiger partial charge in [0.05, 0.1) is 19.0 Å². The summed E-state index contributed by atoms with van der Waals surface area (Å²) in [4.78, 5) is 24.7. The van der Waals surface area contributed by atoms with Gasteiger partial charge in [0.25, 0.3) is 11.8 Å². The number of hydrogen-bond donors (Lipinski definition) is 2. The molecule has 0 aliphatic carbocycles. The second-order valence-corrected chi connectivity index (χ2v) is 9.43. The van der Waals surface area contributed by atoms with Crippen LogP contribution < -0.4 is 15.4 Å². The summed E-state index contributed by atoms with van der Waals surface area (Å²) in [5.41, 5.74) is 1.17. The fourth-order valence-electron chi connectivity index (χ4n) is 2.76. The Bertz CT molecular complexity index is 1340. The number of nitrogens with zero attached hydrogens (tertiary/aromatic N) is 1. The van der Waals surface area contributed by atoms with Crippen molar-refractivity contribution in [1.29, 1.82) is 5.26 Å². The van der Waals surface area contributed by atoms with Crippen LogP contribution >= 0.6 is 55.1 Å². The summed E-state index contributed by atoms with van der Waals surface area (Å²) in [6.07, 6.45) is 1.38. The maximum absolute atomic E-state index is 13.0. The van der Waals surface area contributed by atoms with Gasteiger partial charge in [-0.2, -0.15) is 5.26 Å². The highest BCUT2D eigenvalue weighted by Gasteiger charge is 2.14. The van der Waals surface area contributed by atoms with Crippen molar-refractivity contribution in [2.75, 3.05) is 17.2 Å². The number of anilines is 2. The number of benzene rings is 3. The molecule has 2 N–H and O–H groups in total. The van der Waals surface area contributed by atoms with Crippen molar-refractivity contribution in [3.8, 4) is 11.8 Å². The molecule has 178 valence electrons. The van der Waals surface area contributed by atoms with Crippen molar-refractivity contribution in [2.24, 2.45) is 0 Å². The molecule has 3 rings (SSSR count). The molecule has 0 saturated carbocycles. The molecule has 3 aromatic carbocycles. The molecule has 0 unspecified atom stereocenters. The second-order valence-electron chi connectivity index (χ2n) is 6.91. The van der Waals surface area contributed by atoms with Crippen LogP contribution in [0.5, 0.6) is 5.75 Å². The summed E-state index contributed by atoms with van der Waals surface area (Å²) in [7, 11) is 0. The Morgan fingerprint density at radius 3 is 2.20 bits per heavy atom. The van der Waals surface area contributed by atoms with Gasteiger partial charge in [0.2, 0.25) is 0 Å². The molecule has 2 amide bonds. The molecule has 0 fully saturated rings. The molecule has 0 bridgehead atoms. The van der Waals surface area contributed by atoms with Crippen molar-refractivity contribution < 1.29 is 18.7 Å². The van der Waals surface area contributed by atoms with Crippen LogP contribution in [0.25, 0.3) is 6.08 Å².